The average Bonchev–Trinajstić information content (AvgIpc) is 2.52. The van der Waals surface area contributed by atoms with Crippen molar-refractivity contribution in [3.05, 3.63) is 0 Å². The fourth-order valence-corrected chi connectivity index (χ4v) is 1.81. The molecule has 2 N–H and O–H groups in total. The number of rotatable bonds is 5. The van der Waals surface area contributed by atoms with Gasteiger partial charge in [0.25, 0.3) is 0 Å². The first-order valence-electron chi connectivity index (χ1n) is 5.62. The molecular formula is C11H22N2O2. The van der Waals surface area contributed by atoms with Gasteiger partial charge in [0, 0.05) is 26.6 Å². The first-order chi connectivity index (χ1) is 7.03. The van der Waals surface area contributed by atoms with Crippen molar-refractivity contribution in [2.75, 3.05) is 20.1 Å². The third kappa shape index (κ3) is 4.62. The quantitative estimate of drug-likeness (QED) is 0.661. The number of amides is 1. The Hall–Kier alpha value is -0.610. The molecule has 1 fully saturated rings. The summed E-state index contributed by atoms with van der Waals surface area (Å²) < 4.78 is 5.82. The molecule has 4 nitrogen and oxygen atoms in total. The minimum atomic E-state index is 0.0349. The van der Waals surface area contributed by atoms with E-state index < -0.39 is 0 Å². The van der Waals surface area contributed by atoms with Crippen LogP contribution in [0.4, 0.5) is 0 Å². The Bertz CT molecular complexity index is 217. The van der Waals surface area contributed by atoms with Gasteiger partial charge in [-0.15, -0.1) is 0 Å². The molecule has 1 atom stereocenters. The van der Waals surface area contributed by atoms with Gasteiger partial charge in [0.05, 0.1) is 11.7 Å². The minimum absolute atomic E-state index is 0.0349. The van der Waals surface area contributed by atoms with Gasteiger partial charge < -0.3 is 15.4 Å². The number of nitrogens with one attached hydrogen (secondary N) is 2. The number of carbonyl (C=O) groups is 1. The zero-order chi connectivity index (χ0) is 11.3. The molecule has 1 heterocycles. The van der Waals surface area contributed by atoms with Crippen LogP contribution in [0.3, 0.4) is 0 Å². The van der Waals surface area contributed by atoms with E-state index in [4.69, 9.17) is 4.74 Å². The first-order valence-corrected chi connectivity index (χ1v) is 5.62. The van der Waals surface area contributed by atoms with E-state index in [0.717, 1.165) is 25.9 Å². The zero-order valence-electron chi connectivity index (χ0n) is 9.93. The minimum Gasteiger partial charge on any atom is -0.371 e. The van der Waals surface area contributed by atoms with Crippen LogP contribution in [0.1, 0.15) is 33.1 Å². The third-order valence-electron chi connectivity index (χ3n) is 2.73. The normalized spacial score (nSPS) is 24.1. The zero-order valence-corrected chi connectivity index (χ0v) is 9.93. The van der Waals surface area contributed by atoms with E-state index >= 15 is 0 Å². The largest absolute Gasteiger partial charge is 0.371 e. The van der Waals surface area contributed by atoms with Gasteiger partial charge in [-0.05, 0) is 26.7 Å². The molecule has 0 saturated carbocycles. The second kappa shape index (κ2) is 5.47. The Labute approximate surface area is 91.8 Å². The Morgan fingerprint density at radius 3 is 2.80 bits per heavy atom. The molecule has 0 aromatic carbocycles. The van der Waals surface area contributed by atoms with Crippen molar-refractivity contribution in [1.82, 2.24) is 10.6 Å². The fourth-order valence-electron chi connectivity index (χ4n) is 1.81. The number of hydrogen-bond acceptors (Lipinski definition) is 3. The Morgan fingerprint density at radius 1 is 1.53 bits per heavy atom. The summed E-state index contributed by atoms with van der Waals surface area (Å²) in [5.74, 6) is 0.0789. The van der Waals surface area contributed by atoms with Crippen LogP contribution in [-0.2, 0) is 9.53 Å². The summed E-state index contributed by atoms with van der Waals surface area (Å²) in [7, 11) is 1.66. The maximum absolute atomic E-state index is 10.9. The molecule has 0 radical (unpaired) electrons. The summed E-state index contributed by atoms with van der Waals surface area (Å²) in [5.41, 5.74) is 0.0349. The lowest BCUT2D eigenvalue weighted by atomic mass is 10.1. The molecule has 1 aliphatic rings. The molecule has 1 rings (SSSR count). The van der Waals surface area contributed by atoms with Gasteiger partial charge in [-0.25, -0.2) is 0 Å². The van der Waals surface area contributed by atoms with E-state index in [1.54, 1.807) is 7.05 Å². The first kappa shape index (κ1) is 12.5. The molecule has 88 valence electrons. The van der Waals surface area contributed by atoms with Gasteiger partial charge in [-0.2, -0.15) is 0 Å². The van der Waals surface area contributed by atoms with Gasteiger partial charge in [0.1, 0.15) is 0 Å². The van der Waals surface area contributed by atoms with Crippen molar-refractivity contribution in [3.63, 3.8) is 0 Å². The number of hydrogen-bond donors (Lipinski definition) is 2. The summed E-state index contributed by atoms with van der Waals surface area (Å²) in [6, 6.07) is 0. The topological polar surface area (TPSA) is 50.4 Å². The Morgan fingerprint density at radius 2 is 2.27 bits per heavy atom. The van der Waals surface area contributed by atoms with Crippen LogP contribution in [-0.4, -0.2) is 37.7 Å². The molecule has 1 saturated heterocycles. The molecule has 1 unspecified atom stereocenters. The van der Waals surface area contributed by atoms with Crippen LogP contribution in [0.5, 0.6) is 0 Å². The SMILES string of the molecule is CNC(=O)CCNCC1CCC(C)(C)O1. The summed E-state index contributed by atoms with van der Waals surface area (Å²) in [6.45, 7) is 5.81. The van der Waals surface area contributed by atoms with Crippen LogP contribution in [0, 0.1) is 0 Å². The van der Waals surface area contributed by atoms with E-state index in [9.17, 15) is 4.79 Å². The molecule has 1 aliphatic heterocycles. The lowest BCUT2D eigenvalue weighted by Crippen LogP contribution is -2.32. The molecule has 4 heteroatoms. The van der Waals surface area contributed by atoms with Gasteiger partial charge in [0.15, 0.2) is 0 Å². The second-order valence-electron chi connectivity index (χ2n) is 4.67. The van der Waals surface area contributed by atoms with E-state index in [1.165, 1.54) is 0 Å². The van der Waals surface area contributed by atoms with Crippen molar-refractivity contribution < 1.29 is 9.53 Å². The lowest BCUT2D eigenvalue weighted by Gasteiger charge is -2.19. The highest BCUT2D eigenvalue weighted by molar-refractivity contribution is 5.75. The fraction of sp³-hybridized carbons (Fsp3) is 0.909. The smallest absolute Gasteiger partial charge is 0.221 e. The van der Waals surface area contributed by atoms with Crippen LogP contribution in [0.2, 0.25) is 0 Å². The molecule has 0 aromatic heterocycles. The molecular weight excluding hydrogens is 192 g/mol. The summed E-state index contributed by atoms with van der Waals surface area (Å²) in [5, 5.41) is 5.84. The average molecular weight is 214 g/mol. The van der Waals surface area contributed by atoms with Crippen molar-refractivity contribution in [2.24, 2.45) is 0 Å². The molecule has 1 amide bonds. The van der Waals surface area contributed by atoms with Gasteiger partial charge in [-0.1, -0.05) is 0 Å². The number of carbonyl (C=O) groups excluding carboxylic acids is 1. The van der Waals surface area contributed by atoms with Gasteiger partial charge in [-0.3, -0.25) is 4.79 Å². The van der Waals surface area contributed by atoms with Crippen molar-refractivity contribution in [1.29, 1.82) is 0 Å². The summed E-state index contributed by atoms with van der Waals surface area (Å²) in [6.07, 6.45) is 3.08. The van der Waals surface area contributed by atoms with Crippen LogP contribution in [0.25, 0.3) is 0 Å². The molecule has 0 aliphatic carbocycles. The third-order valence-corrected chi connectivity index (χ3v) is 2.73. The molecule has 15 heavy (non-hydrogen) atoms. The second-order valence-corrected chi connectivity index (χ2v) is 4.67. The predicted molar refractivity (Wildman–Crippen MR) is 59.7 cm³/mol. The van der Waals surface area contributed by atoms with Gasteiger partial charge >= 0.3 is 0 Å². The summed E-state index contributed by atoms with van der Waals surface area (Å²) >= 11 is 0. The van der Waals surface area contributed by atoms with E-state index in [0.29, 0.717) is 12.5 Å². The predicted octanol–water partition coefficient (Wildman–Crippen LogP) is 0.670. The maximum Gasteiger partial charge on any atom is 0.221 e. The van der Waals surface area contributed by atoms with Crippen LogP contribution >= 0.6 is 0 Å². The van der Waals surface area contributed by atoms with E-state index in [2.05, 4.69) is 24.5 Å². The molecule has 0 bridgehead atoms. The summed E-state index contributed by atoms with van der Waals surface area (Å²) in [4.78, 5) is 10.9. The highest BCUT2D eigenvalue weighted by atomic mass is 16.5. The van der Waals surface area contributed by atoms with Crippen LogP contribution in [0.15, 0.2) is 0 Å². The molecule has 0 aromatic rings. The van der Waals surface area contributed by atoms with E-state index in [-0.39, 0.29) is 11.5 Å². The standard InChI is InChI=1S/C11H22N2O2/c1-11(2)6-4-9(15-11)8-13-7-5-10(14)12-3/h9,13H,4-8H2,1-3H3,(H,12,14). The maximum atomic E-state index is 10.9. The van der Waals surface area contributed by atoms with Gasteiger partial charge in [0.2, 0.25) is 5.91 Å². The molecule has 0 spiro atoms. The highest BCUT2D eigenvalue weighted by Gasteiger charge is 2.30. The Kier molecular flexibility index (Phi) is 4.54. The van der Waals surface area contributed by atoms with Crippen molar-refractivity contribution in [2.45, 2.75) is 44.8 Å². The Balaban J connectivity index is 2.04. The van der Waals surface area contributed by atoms with E-state index in [1.807, 2.05) is 0 Å². The lowest BCUT2D eigenvalue weighted by molar-refractivity contribution is -0.120. The van der Waals surface area contributed by atoms with Crippen LogP contribution < -0.4 is 10.6 Å². The highest BCUT2D eigenvalue weighted by Crippen LogP contribution is 2.28. The monoisotopic (exact) mass is 214 g/mol. The van der Waals surface area contributed by atoms with Crippen molar-refractivity contribution >= 4 is 5.91 Å². The number of ether oxygens (including phenoxy) is 1. The van der Waals surface area contributed by atoms with Crippen molar-refractivity contribution in [3.8, 4) is 0 Å².